The number of nitrogens with one attached hydrogen (secondary N) is 1. The van der Waals surface area contributed by atoms with Gasteiger partial charge >= 0.3 is 5.97 Å². The second-order valence-corrected chi connectivity index (χ2v) is 5.32. The van der Waals surface area contributed by atoms with E-state index in [1.54, 1.807) is 0 Å². The van der Waals surface area contributed by atoms with Gasteiger partial charge in [0.25, 0.3) is 5.91 Å². The Morgan fingerprint density at radius 3 is 2.16 bits per heavy atom. The number of amides is 1. The number of rotatable bonds is 3. The predicted octanol–water partition coefficient (Wildman–Crippen LogP) is 2.43. The topological polar surface area (TPSA) is 66.4 Å². The Morgan fingerprint density at radius 1 is 1.16 bits per heavy atom. The summed E-state index contributed by atoms with van der Waals surface area (Å²) < 4.78 is 0. The minimum atomic E-state index is -1.08. The molecule has 1 fully saturated rings. The summed E-state index contributed by atoms with van der Waals surface area (Å²) in [5.41, 5.74) is 1.26. The third-order valence-electron chi connectivity index (χ3n) is 3.93. The van der Waals surface area contributed by atoms with Crippen LogP contribution in [0.4, 0.5) is 0 Å². The molecule has 1 aromatic rings. The van der Waals surface area contributed by atoms with E-state index in [4.69, 9.17) is 0 Å². The van der Waals surface area contributed by atoms with Crippen LogP contribution < -0.4 is 5.32 Å². The van der Waals surface area contributed by atoms with Crippen LogP contribution >= 0.6 is 0 Å². The molecule has 0 aliphatic heterocycles. The number of carboxylic acids is 1. The van der Waals surface area contributed by atoms with Gasteiger partial charge in [0.15, 0.2) is 0 Å². The average Bonchev–Trinajstić information content (AvgIpc) is 2.78. The highest BCUT2D eigenvalue weighted by atomic mass is 16.4. The summed E-state index contributed by atoms with van der Waals surface area (Å²) in [6.45, 7) is 3.73. The summed E-state index contributed by atoms with van der Waals surface area (Å²) in [4.78, 5) is 23.8. The molecule has 1 aliphatic carbocycles. The summed E-state index contributed by atoms with van der Waals surface area (Å²) in [5.74, 6) is -1.20. The van der Waals surface area contributed by atoms with E-state index in [2.05, 4.69) is 5.32 Å². The van der Waals surface area contributed by atoms with Crippen LogP contribution in [0.15, 0.2) is 18.2 Å². The molecule has 19 heavy (non-hydrogen) atoms. The van der Waals surface area contributed by atoms with Crippen molar-refractivity contribution in [3.05, 3.63) is 34.9 Å². The van der Waals surface area contributed by atoms with E-state index in [9.17, 15) is 14.7 Å². The zero-order valence-electron chi connectivity index (χ0n) is 11.3. The predicted molar refractivity (Wildman–Crippen MR) is 72.2 cm³/mol. The molecule has 0 spiro atoms. The van der Waals surface area contributed by atoms with Crippen molar-refractivity contribution in [2.45, 2.75) is 45.1 Å². The van der Waals surface area contributed by atoms with Gasteiger partial charge in [0.1, 0.15) is 5.54 Å². The molecule has 0 saturated heterocycles. The zero-order valence-corrected chi connectivity index (χ0v) is 11.3. The van der Waals surface area contributed by atoms with E-state index in [-0.39, 0.29) is 5.91 Å². The summed E-state index contributed by atoms with van der Waals surface area (Å²) in [7, 11) is 0. The smallest absolute Gasteiger partial charge is 0.329 e. The standard InChI is InChI=1S/C15H19NO3/c1-10-6-5-7-11(2)12(10)13(17)16-15(14(18)19)8-3-4-9-15/h5-7H,3-4,8-9H2,1-2H3,(H,16,17)(H,18,19). The molecule has 0 atom stereocenters. The van der Waals surface area contributed by atoms with Crippen molar-refractivity contribution in [1.82, 2.24) is 5.32 Å². The highest BCUT2D eigenvalue weighted by Gasteiger charge is 2.42. The average molecular weight is 261 g/mol. The number of hydrogen-bond acceptors (Lipinski definition) is 2. The summed E-state index contributed by atoms with van der Waals surface area (Å²) in [6.07, 6.45) is 2.72. The number of aliphatic carboxylic acids is 1. The second-order valence-electron chi connectivity index (χ2n) is 5.32. The normalized spacial score (nSPS) is 17.2. The summed E-state index contributed by atoms with van der Waals surface area (Å²) in [5, 5.41) is 12.1. The minimum Gasteiger partial charge on any atom is -0.480 e. The number of carbonyl (C=O) groups excluding carboxylic acids is 1. The summed E-state index contributed by atoms with van der Waals surface area (Å²) in [6, 6.07) is 5.62. The molecule has 1 aromatic carbocycles. The fourth-order valence-corrected chi connectivity index (χ4v) is 2.82. The van der Waals surface area contributed by atoms with E-state index in [0.29, 0.717) is 18.4 Å². The molecular formula is C15H19NO3. The van der Waals surface area contributed by atoms with Crippen molar-refractivity contribution in [2.75, 3.05) is 0 Å². The van der Waals surface area contributed by atoms with Gasteiger partial charge < -0.3 is 10.4 Å². The molecule has 0 radical (unpaired) electrons. The van der Waals surface area contributed by atoms with Crippen LogP contribution in [-0.4, -0.2) is 22.5 Å². The molecule has 4 heteroatoms. The Morgan fingerprint density at radius 2 is 1.68 bits per heavy atom. The lowest BCUT2D eigenvalue weighted by Gasteiger charge is -2.26. The van der Waals surface area contributed by atoms with Gasteiger partial charge in [0, 0.05) is 5.56 Å². The third kappa shape index (κ3) is 2.48. The van der Waals surface area contributed by atoms with Gasteiger partial charge in [0.05, 0.1) is 0 Å². The first-order chi connectivity index (χ1) is 8.96. The Balaban J connectivity index is 2.28. The maximum Gasteiger partial charge on any atom is 0.329 e. The Kier molecular flexibility index (Phi) is 3.60. The fraction of sp³-hybridized carbons (Fsp3) is 0.467. The molecule has 1 amide bonds. The van der Waals surface area contributed by atoms with Gasteiger partial charge in [0.2, 0.25) is 0 Å². The van der Waals surface area contributed by atoms with Crippen LogP contribution in [0, 0.1) is 13.8 Å². The van der Waals surface area contributed by atoms with Crippen LogP contribution in [-0.2, 0) is 4.79 Å². The summed E-state index contributed by atoms with van der Waals surface area (Å²) >= 11 is 0. The van der Waals surface area contributed by atoms with Gasteiger partial charge in [-0.25, -0.2) is 4.79 Å². The molecule has 0 bridgehead atoms. The van der Waals surface area contributed by atoms with Gasteiger partial charge in [-0.15, -0.1) is 0 Å². The Labute approximate surface area is 112 Å². The number of aryl methyl sites for hydroxylation is 2. The van der Waals surface area contributed by atoms with E-state index in [0.717, 1.165) is 24.0 Å². The lowest BCUT2D eigenvalue weighted by atomic mass is 9.95. The molecule has 4 nitrogen and oxygen atoms in total. The zero-order chi connectivity index (χ0) is 14.0. The first-order valence-corrected chi connectivity index (χ1v) is 6.58. The van der Waals surface area contributed by atoms with Crippen molar-refractivity contribution in [3.63, 3.8) is 0 Å². The molecule has 102 valence electrons. The van der Waals surface area contributed by atoms with E-state index in [1.165, 1.54) is 0 Å². The van der Waals surface area contributed by atoms with Gasteiger partial charge in [-0.1, -0.05) is 31.0 Å². The van der Waals surface area contributed by atoms with Crippen LogP contribution in [0.25, 0.3) is 0 Å². The van der Waals surface area contributed by atoms with Crippen LogP contribution in [0.2, 0.25) is 0 Å². The molecule has 0 unspecified atom stereocenters. The first-order valence-electron chi connectivity index (χ1n) is 6.58. The fourth-order valence-electron chi connectivity index (χ4n) is 2.82. The first kappa shape index (κ1) is 13.6. The Hall–Kier alpha value is -1.84. The molecule has 2 N–H and O–H groups in total. The monoisotopic (exact) mass is 261 g/mol. The molecular weight excluding hydrogens is 242 g/mol. The number of hydrogen-bond donors (Lipinski definition) is 2. The maximum atomic E-state index is 12.4. The van der Waals surface area contributed by atoms with Gasteiger partial charge in [-0.3, -0.25) is 4.79 Å². The van der Waals surface area contributed by atoms with Crippen LogP contribution in [0.1, 0.15) is 47.2 Å². The lowest BCUT2D eigenvalue weighted by molar-refractivity contribution is -0.144. The molecule has 0 heterocycles. The van der Waals surface area contributed by atoms with Crippen LogP contribution in [0.3, 0.4) is 0 Å². The maximum absolute atomic E-state index is 12.4. The van der Waals surface area contributed by atoms with E-state index >= 15 is 0 Å². The number of carbonyl (C=O) groups is 2. The van der Waals surface area contributed by atoms with Gasteiger partial charge in [-0.05, 0) is 37.8 Å². The minimum absolute atomic E-state index is 0.278. The van der Waals surface area contributed by atoms with Crippen molar-refractivity contribution in [3.8, 4) is 0 Å². The van der Waals surface area contributed by atoms with Crippen molar-refractivity contribution >= 4 is 11.9 Å². The molecule has 1 aliphatic rings. The molecule has 1 saturated carbocycles. The highest BCUT2D eigenvalue weighted by molar-refractivity contribution is 6.00. The van der Waals surface area contributed by atoms with Crippen molar-refractivity contribution < 1.29 is 14.7 Å². The van der Waals surface area contributed by atoms with E-state index in [1.807, 2.05) is 32.0 Å². The SMILES string of the molecule is Cc1cccc(C)c1C(=O)NC1(C(=O)O)CCCC1. The quantitative estimate of drug-likeness (QED) is 0.878. The van der Waals surface area contributed by atoms with Crippen molar-refractivity contribution in [1.29, 1.82) is 0 Å². The number of benzene rings is 1. The van der Waals surface area contributed by atoms with Gasteiger partial charge in [-0.2, -0.15) is 0 Å². The molecule has 2 rings (SSSR count). The molecule has 0 aromatic heterocycles. The van der Waals surface area contributed by atoms with Crippen LogP contribution in [0.5, 0.6) is 0 Å². The van der Waals surface area contributed by atoms with Crippen molar-refractivity contribution in [2.24, 2.45) is 0 Å². The highest BCUT2D eigenvalue weighted by Crippen LogP contribution is 2.30. The lowest BCUT2D eigenvalue weighted by Crippen LogP contribution is -2.52. The Bertz CT molecular complexity index is 496. The second kappa shape index (κ2) is 5.03. The largest absolute Gasteiger partial charge is 0.480 e. The number of carboxylic acid groups (broad SMARTS) is 1. The third-order valence-corrected chi connectivity index (χ3v) is 3.93. The van der Waals surface area contributed by atoms with E-state index < -0.39 is 11.5 Å².